The molecule has 106 valence electrons. The molecule has 0 aliphatic carbocycles. The van der Waals surface area contributed by atoms with Crippen LogP contribution in [-0.2, 0) is 13.5 Å². The van der Waals surface area contributed by atoms with Gasteiger partial charge >= 0.3 is 0 Å². The first kappa shape index (κ1) is 12.4. The average molecular weight is 269 g/mol. The molecule has 0 saturated carbocycles. The van der Waals surface area contributed by atoms with Gasteiger partial charge in [0.1, 0.15) is 0 Å². The SMILES string of the molecule is Cn1c2c(c3ccccc31)CCNC2C1CCCCN1. The first-order chi connectivity index (χ1) is 9.86. The zero-order chi connectivity index (χ0) is 13.5. The molecule has 20 heavy (non-hydrogen) atoms. The Hall–Kier alpha value is -1.32. The first-order valence-electron chi connectivity index (χ1n) is 7.89. The molecule has 1 aromatic heterocycles. The second-order valence-electron chi connectivity index (χ2n) is 6.18. The van der Waals surface area contributed by atoms with Gasteiger partial charge in [0.15, 0.2) is 0 Å². The lowest BCUT2D eigenvalue weighted by Gasteiger charge is -2.35. The number of para-hydroxylation sites is 1. The smallest absolute Gasteiger partial charge is 0.0633 e. The van der Waals surface area contributed by atoms with Crippen molar-refractivity contribution in [3.8, 4) is 0 Å². The Morgan fingerprint density at radius 3 is 2.85 bits per heavy atom. The summed E-state index contributed by atoms with van der Waals surface area (Å²) in [6.07, 6.45) is 5.12. The van der Waals surface area contributed by atoms with E-state index in [4.69, 9.17) is 0 Å². The van der Waals surface area contributed by atoms with Crippen molar-refractivity contribution < 1.29 is 0 Å². The van der Waals surface area contributed by atoms with E-state index in [1.54, 1.807) is 5.56 Å². The van der Waals surface area contributed by atoms with Crippen LogP contribution in [0.25, 0.3) is 10.9 Å². The van der Waals surface area contributed by atoms with E-state index in [0.29, 0.717) is 12.1 Å². The van der Waals surface area contributed by atoms with Crippen LogP contribution in [0.1, 0.15) is 36.6 Å². The number of nitrogens with zero attached hydrogens (tertiary/aromatic N) is 1. The van der Waals surface area contributed by atoms with Gasteiger partial charge in [0.25, 0.3) is 0 Å². The molecule has 1 aromatic carbocycles. The summed E-state index contributed by atoms with van der Waals surface area (Å²) in [5.41, 5.74) is 4.46. The number of rotatable bonds is 1. The molecule has 2 atom stereocenters. The van der Waals surface area contributed by atoms with E-state index in [2.05, 4.69) is 46.5 Å². The Morgan fingerprint density at radius 1 is 1.10 bits per heavy atom. The van der Waals surface area contributed by atoms with E-state index in [1.807, 2.05) is 0 Å². The number of nitrogens with one attached hydrogen (secondary N) is 2. The molecule has 2 unspecified atom stereocenters. The number of aryl methyl sites for hydroxylation is 1. The van der Waals surface area contributed by atoms with Crippen LogP contribution in [0.2, 0.25) is 0 Å². The van der Waals surface area contributed by atoms with Crippen molar-refractivity contribution in [2.75, 3.05) is 13.1 Å². The summed E-state index contributed by atoms with van der Waals surface area (Å²) < 4.78 is 2.41. The van der Waals surface area contributed by atoms with E-state index in [1.165, 1.54) is 42.4 Å². The number of fused-ring (bicyclic) bond motifs is 3. The highest BCUT2D eigenvalue weighted by atomic mass is 15.1. The normalized spacial score (nSPS) is 26.6. The van der Waals surface area contributed by atoms with Crippen LogP contribution in [0, 0.1) is 0 Å². The summed E-state index contributed by atoms with van der Waals surface area (Å²) in [7, 11) is 2.23. The number of benzene rings is 1. The zero-order valence-corrected chi connectivity index (χ0v) is 12.2. The molecule has 2 aliphatic rings. The lowest BCUT2D eigenvalue weighted by atomic mass is 9.90. The molecule has 0 spiro atoms. The predicted molar refractivity (Wildman–Crippen MR) is 83.0 cm³/mol. The summed E-state index contributed by atoms with van der Waals surface area (Å²) >= 11 is 0. The Labute approximate surface area is 120 Å². The summed E-state index contributed by atoms with van der Waals surface area (Å²) in [5, 5.41) is 8.94. The maximum Gasteiger partial charge on any atom is 0.0633 e. The number of aromatic nitrogens is 1. The van der Waals surface area contributed by atoms with Crippen molar-refractivity contribution in [1.82, 2.24) is 15.2 Å². The van der Waals surface area contributed by atoms with Gasteiger partial charge in [-0.1, -0.05) is 24.6 Å². The van der Waals surface area contributed by atoms with Crippen molar-refractivity contribution in [2.24, 2.45) is 7.05 Å². The summed E-state index contributed by atoms with van der Waals surface area (Å²) in [6, 6.07) is 9.90. The van der Waals surface area contributed by atoms with Gasteiger partial charge in [-0.3, -0.25) is 0 Å². The third kappa shape index (κ3) is 1.80. The molecule has 2 aliphatic heterocycles. The lowest BCUT2D eigenvalue weighted by molar-refractivity contribution is 0.300. The third-order valence-electron chi connectivity index (χ3n) is 5.05. The fourth-order valence-corrected chi connectivity index (χ4v) is 4.10. The van der Waals surface area contributed by atoms with Crippen molar-refractivity contribution in [1.29, 1.82) is 0 Å². The molecule has 3 nitrogen and oxygen atoms in total. The van der Waals surface area contributed by atoms with Gasteiger partial charge in [0.05, 0.1) is 6.04 Å². The molecule has 0 bridgehead atoms. The van der Waals surface area contributed by atoms with Crippen LogP contribution in [0.3, 0.4) is 0 Å². The Balaban J connectivity index is 1.83. The van der Waals surface area contributed by atoms with Crippen molar-refractivity contribution in [3.05, 3.63) is 35.5 Å². The van der Waals surface area contributed by atoms with Crippen LogP contribution in [0.4, 0.5) is 0 Å². The summed E-state index contributed by atoms with van der Waals surface area (Å²) in [6.45, 7) is 2.27. The van der Waals surface area contributed by atoms with Gasteiger partial charge in [-0.15, -0.1) is 0 Å². The van der Waals surface area contributed by atoms with E-state index in [9.17, 15) is 0 Å². The van der Waals surface area contributed by atoms with E-state index >= 15 is 0 Å². The lowest BCUT2D eigenvalue weighted by Crippen LogP contribution is -2.47. The molecular formula is C17H23N3. The molecule has 0 radical (unpaired) electrons. The minimum atomic E-state index is 0.469. The summed E-state index contributed by atoms with van der Waals surface area (Å²) in [4.78, 5) is 0. The quantitative estimate of drug-likeness (QED) is 0.833. The highest BCUT2D eigenvalue weighted by Gasteiger charge is 2.32. The minimum Gasteiger partial charge on any atom is -0.346 e. The third-order valence-corrected chi connectivity index (χ3v) is 5.05. The predicted octanol–water partition coefficient (Wildman–Crippen LogP) is 2.51. The van der Waals surface area contributed by atoms with Crippen LogP contribution in [-0.4, -0.2) is 23.7 Å². The average Bonchev–Trinajstić information content (AvgIpc) is 2.82. The van der Waals surface area contributed by atoms with Crippen LogP contribution >= 0.6 is 0 Å². The number of hydrogen-bond acceptors (Lipinski definition) is 2. The monoisotopic (exact) mass is 269 g/mol. The highest BCUT2D eigenvalue weighted by molar-refractivity contribution is 5.86. The topological polar surface area (TPSA) is 29.0 Å². The van der Waals surface area contributed by atoms with Crippen LogP contribution in [0.15, 0.2) is 24.3 Å². The first-order valence-corrected chi connectivity index (χ1v) is 7.89. The minimum absolute atomic E-state index is 0.469. The Morgan fingerprint density at radius 2 is 2.00 bits per heavy atom. The van der Waals surface area contributed by atoms with Gasteiger partial charge < -0.3 is 15.2 Å². The maximum absolute atomic E-state index is 3.76. The van der Waals surface area contributed by atoms with Crippen molar-refractivity contribution >= 4 is 10.9 Å². The number of hydrogen-bond donors (Lipinski definition) is 2. The number of piperidine rings is 1. The largest absolute Gasteiger partial charge is 0.346 e. The zero-order valence-electron chi connectivity index (χ0n) is 12.2. The van der Waals surface area contributed by atoms with Crippen LogP contribution in [0.5, 0.6) is 0 Å². The molecule has 4 rings (SSSR count). The fraction of sp³-hybridized carbons (Fsp3) is 0.529. The highest BCUT2D eigenvalue weighted by Crippen LogP contribution is 2.35. The second-order valence-corrected chi connectivity index (χ2v) is 6.18. The van der Waals surface area contributed by atoms with Gasteiger partial charge in [-0.25, -0.2) is 0 Å². The van der Waals surface area contributed by atoms with Crippen LogP contribution < -0.4 is 10.6 Å². The molecule has 1 saturated heterocycles. The van der Waals surface area contributed by atoms with E-state index in [0.717, 1.165) is 13.0 Å². The Bertz CT molecular complexity index is 622. The van der Waals surface area contributed by atoms with E-state index < -0.39 is 0 Å². The van der Waals surface area contributed by atoms with Crippen molar-refractivity contribution in [3.63, 3.8) is 0 Å². The molecule has 3 heterocycles. The maximum atomic E-state index is 3.76. The fourth-order valence-electron chi connectivity index (χ4n) is 4.10. The molecule has 0 amide bonds. The van der Waals surface area contributed by atoms with Gasteiger partial charge in [-0.05, 0) is 44.0 Å². The van der Waals surface area contributed by atoms with Crippen molar-refractivity contribution in [2.45, 2.75) is 37.8 Å². The standard InChI is InChI=1S/C17H23N3/c1-20-15-8-3-2-6-12(15)13-9-11-19-16(17(13)20)14-7-4-5-10-18-14/h2-3,6,8,14,16,18-19H,4-5,7,9-11H2,1H3. The second kappa shape index (κ2) is 4.90. The molecule has 2 N–H and O–H groups in total. The van der Waals surface area contributed by atoms with E-state index in [-0.39, 0.29) is 0 Å². The Kier molecular flexibility index (Phi) is 3.04. The van der Waals surface area contributed by atoms with Gasteiger partial charge in [-0.2, -0.15) is 0 Å². The van der Waals surface area contributed by atoms with Gasteiger partial charge in [0.2, 0.25) is 0 Å². The molecule has 2 aromatic rings. The molecule has 1 fully saturated rings. The summed E-state index contributed by atoms with van der Waals surface area (Å²) in [5.74, 6) is 0. The van der Waals surface area contributed by atoms with Gasteiger partial charge in [0, 0.05) is 29.7 Å². The molecular weight excluding hydrogens is 246 g/mol. The molecule has 3 heteroatoms.